The van der Waals surface area contributed by atoms with Gasteiger partial charge in [0.1, 0.15) is 0 Å². The van der Waals surface area contributed by atoms with Gasteiger partial charge in [0, 0.05) is 25.4 Å². The zero-order valence-electron chi connectivity index (χ0n) is 11.8. The molecular formula is C15H20N2O4. The minimum atomic E-state index is -0.930. The van der Waals surface area contributed by atoms with Gasteiger partial charge >= 0.3 is 12.0 Å². The minimum Gasteiger partial charge on any atom is -0.481 e. The molecule has 1 unspecified atom stereocenters. The van der Waals surface area contributed by atoms with E-state index in [1.165, 1.54) is 0 Å². The molecule has 1 heterocycles. The maximum Gasteiger partial charge on any atom is 0.321 e. The maximum atomic E-state index is 12.2. The van der Waals surface area contributed by atoms with Crippen LogP contribution in [-0.2, 0) is 11.2 Å². The van der Waals surface area contributed by atoms with E-state index in [-0.39, 0.29) is 19.1 Å². The highest BCUT2D eigenvalue weighted by atomic mass is 16.4. The first-order chi connectivity index (χ1) is 10.1. The van der Waals surface area contributed by atoms with Gasteiger partial charge < -0.3 is 20.4 Å². The number of likely N-dealkylation sites (tertiary alicyclic amines) is 1. The number of urea groups is 1. The van der Waals surface area contributed by atoms with E-state index in [0.29, 0.717) is 36.7 Å². The number of carboxylic acids is 1. The largest absolute Gasteiger partial charge is 0.481 e. The summed E-state index contributed by atoms with van der Waals surface area (Å²) in [5, 5.41) is 20.6. The van der Waals surface area contributed by atoms with Crippen molar-refractivity contribution < 1.29 is 19.8 Å². The average Bonchev–Trinajstić information content (AvgIpc) is 2.89. The van der Waals surface area contributed by atoms with Gasteiger partial charge in [0.2, 0.25) is 0 Å². The number of carboxylic acid groups (broad SMARTS) is 1. The molecule has 1 fully saturated rings. The van der Waals surface area contributed by atoms with Gasteiger partial charge in [-0.15, -0.1) is 0 Å². The first-order valence-electron chi connectivity index (χ1n) is 7.06. The number of rotatable bonds is 5. The summed E-state index contributed by atoms with van der Waals surface area (Å²) in [7, 11) is 0. The number of amides is 2. The van der Waals surface area contributed by atoms with Crippen LogP contribution in [-0.4, -0.2) is 46.8 Å². The minimum absolute atomic E-state index is 0.121. The summed E-state index contributed by atoms with van der Waals surface area (Å²) in [6.45, 7) is 1.44. The van der Waals surface area contributed by atoms with Crippen LogP contribution in [0.5, 0.6) is 0 Å². The monoisotopic (exact) mass is 292 g/mol. The number of para-hydroxylation sites is 1. The number of anilines is 1. The molecule has 114 valence electrons. The van der Waals surface area contributed by atoms with E-state index in [1.807, 2.05) is 0 Å². The Morgan fingerprint density at radius 3 is 2.81 bits per heavy atom. The number of benzene rings is 1. The Morgan fingerprint density at radius 1 is 1.33 bits per heavy atom. The second kappa shape index (κ2) is 7.08. The van der Waals surface area contributed by atoms with Crippen molar-refractivity contribution in [3.63, 3.8) is 0 Å². The summed E-state index contributed by atoms with van der Waals surface area (Å²) in [6, 6.07) is 6.70. The van der Waals surface area contributed by atoms with Gasteiger partial charge in [-0.05, 0) is 30.4 Å². The number of carbonyl (C=O) groups is 2. The second-order valence-electron chi connectivity index (χ2n) is 5.27. The molecule has 2 amide bonds. The smallest absolute Gasteiger partial charge is 0.321 e. The Morgan fingerprint density at radius 2 is 2.10 bits per heavy atom. The standard InChI is InChI=1S/C15H20N2O4/c18-8-6-11-5-7-17(10-11)15(21)16-13-4-2-1-3-12(13)9-14(19)20/h1-4,11,18H,5-10H2,(H,16,21)(H,19,20). The van der Waals surface area contributed by atoms with Gasteiger partial charge in [0.25, 0.3) is 0 Å². The summed E-state index contributed by atoms with van der Waals surface area (Å²) in [5.74, 6) is -0.587. The summed E-state index contributed by atoms with van der Waals surface area (Å²) >= 11 is 0. The van der Waals surface area contributed by atoms with Crippen LogP contribution in [0.4, 0.5) is 10.5 Å². The van der Waals surface area contributed by atoms with Crippen LogP contribution in [0.25, 0.3) is 0 Å². The topological polar surface area (TPSA) is 89.9 Å². The Bertz CT molecular complexity index is 518. The van der Waals surface area contributed by atoms with Gasteiger partial charge in [0.15, 0.2) is 0 Å². The van der Waals surface area contributed by atoms with Gasteiger partial charge in [-0.1, -0.05) is 18.2 Å². The van der Waals surface area contributed by atoms with Gasteiger partial charge in [-0.2, -0.15) is 0 Å². The van der Waals surface area contributed by atoms with Crippen LogP contribution in [0.2, 0.25) is 0 Å². The highest BCUT2D eigenvalue weighted by Crippen LogP contribution is 2.21. The molecule has 1 aromatic carbocycles. The molecule has 2 rings (SSSR count). The van der Waals surface area contributed by atoms with E-state index in [1.54, 1.807) is 29.2 Å². The van der Waals surface area contributed by atoms with Crippen LogP contribution in [0.1, 0.15) is 18.4 Å². The molecule has 6 nitrogen and oxygen atoms in total. The van der Waals surface area contributed by atoms with Crippen molar-refractivity contribution in [2.24, 2.45) is 5.92 Å². The fourth-order valence-electron chi connectivity index (χ4n) is 2.59. The number of hydrogen-bond donors (Lipinski definition) is 3. The molecule has 0 spiro atoms. The first kappa shape index (κ1) is 15.3. The molecule has 0 bridgehead atoms. The number of aliphatic hydroxyl groups is 1. The Labute approximate surface area is 123 Å². The molecule has 1 aromatic rings. The molecule has 1 atom stereocenters. The van der Waals surface area contributed by atoms with Gasteiger partial charge in [-0.25, -0.2) is 4.79 Å². The molecule has 3 N–H and O–H groups in total. The van der Waals surface area contributed by atoms with Crippen molar-refractivity contribution in [2.75, 3.05) is 25.0 Å². The van der Waals surface area contributed by atoms with E-state index in [2.05, 4.69) is 5.32 Å². The predicted octanol–water partition coefficient (Wildman–Crippen LogP) is 1.55. The molecule has 1 aliphatic heterocycles. The maximum absolute atomic E-state index is 12.2. The summed E-state index contributed by atoms with van der Waals surface area (Å²) in [6.07, 6.45) is 1.48. The molecule has 21 heavy (non-hydrogen) atoms. The van der Waals surface area contributed by atoms with Gasteiger partial charge in [-0.3, -0.25) is 4.79 Å². The quantitative estimate of drug-likeness (QED) is 0.768. The van der Waals surface area contributed by atoms with Crippen molar-refractivity contribution in [1.82, 2.24) is 4.90 Å². The molecule has 1 saturated heterocycles. The lowest BCUT2D eigenvalue weighted by Gasteiger charge is -2.18. The van der Waals surface area contributed by atoms with E-state index in [9.17, 15) is 9.59 Å². The molecular weight excluding hydrogens is 272 g/mol. The molecule has 0 aliphatic carbocycles. The van der Waals surface area contributed by atoms with Crippen LogP contribution < -0.4 is 5.32 Å². The first-order valence-corrected chi connectivity index (χ1v) is 7.06. The highest BCUT2D eigenvalue weighted by Gasteiger charge is 2.26. The zero-order valence-corrected chi connectivity index (χ0v) is 11.8. The zero-order chi connectivity index (χ0) is 15.2. The third-order valence-electron chi connectivity index (χ3n) is 3.71. The lowest BCUT2D eigenvalue weighted by atomic mass is 10.1. The number of nitrogens with one attached hydrogen (secondary N) is 1. The lowest BCUT2D eigenvalue weighted by molar-refractivity contribution is -0.136. The van der Waals surface area contributed by atoms with E-state index in [0.717, 1.165) is 6.42 Å². The third kappa shape index (κ3) is 4.19. The molecule has 0 radical (unpaired) electrons. The average molecular weight is 292 g/mol. The number of aliphatic hydroxyl groups excluding tert-OH is 1. The summed E-state index contributed by atoms with van der Waals surface area (Å²) in [5.41, 5.74) is 1.12. The van der Waals surface area contributed by atoms with Crippen LogP contribution in [0.15, 0.2) is 24.3 Å². The van der Waals surface area contributed by atoms with E-state index in [4.69, 9.17) is 10.2 Å². The van der Waals surface area contributed by atoms with Crippen LogP contribution >= 0.6 is 0 Å². The van der Waals surface area contributed by atoms with Crippen LogP contribution in [0, 0.1) is 5.92 Å². The van der Waals surface area contributed by atoms with Crippen molar-refractivity contribution in [3.8, 4) is 0 Å². The molecule has 0 aromatic heterocycles. The third-order valence-corrected chi connectivity index (χ3v) is 3.71. The predicted molar refractivity (Wildman–Crippen MR) is 78.2 cm³/mol. The fourth-order valence-corrected chi connectivity index (χ4v) is 2.59. The lowest BCUT2D eigenvalue weighted by Crippen LogP contribution is -2.33. The normalized spacial score (nSPS) is 17.8. The van der Waals surface area contributed by atoms with Crippen LogP contribution in [0.3, 0.4) is 0 Å². The Kier molecular flexibility index (Phi) is 5.16. The Hall–Kier alpha value is -2.08. The molecule has 1 aliphatic rings. The fraction of sp³-hybridized carbons (Fsp3) is 0.467. The van der Waals surface area contributed by atoms with Crippen molar-refractivity contribution >= 4 is 17.7 Å². The molecule has 6 heteroatoms. The van der Waals surface area contributed by atoms with Gasteiger partial charge in [0.05, 0.1) is 6.42 Å². The number of aliphatic carboxylic acids is 1. The number of nitrogens with zero attached hydrogens (tertiary/aromatic N) is 1. The number of carbonyl (C=O) groups excluding carboxylic acids is 1. The van der Waals surface area contributed by atoms with Crippen molar-refractivity contribution in [3.05, 3.63) is 29.8 Å². The Balaban J connectivity index is 1.98. The molecule has 0 saturated carbocycles. The summed E-state index contributed by atoms with van der Waals surface area (Å²) in [4.78, 5) is 24.7. The van der Waals surface area contributed by atoms with E-state index >= 15 is 0 Å². The van der Waals surface area contributed by atoms with Crippen molar-refractivity contribution in [1.29, 1.82) is 0 Å². The number of hydrogen-bond acceptors (Lipinski definition) is 3. The highest BCUT2D eigenvalue weighted by molar-refractivity contribution is 5.91. The second-order valence-corrected chi connectivity index (χ2v) is 5.27. The van der Waals surface area contributed by atoms with E-state index < -0.39 is 5.97 Å². The summed E-state index contributed by atoms with van der Waals surface area (Å²) < 4.78 is 0. The SMILES string of the molecule is O=C(O)Cc1ccccc1NC(=O)N1CCC(CCO)C1. The van der Waals surface area contributed by atoms with Crippen molar-refractivity contribution in [2.45, 2.75) is 19.3 Å².